The zero-order chi connectivity index (χ0) is 18.5. The molecule has 2 N–H and O–H groups in total. The Balaban J connectivity index is 1.33. The molecule has 1 aliphatic rings. The summed E-state index contributed by atoms with van der Waals surface area (Å²) in [6, 6.07) is 16.6. The van der Waals surface area contributed by atoms with Gasteiger partial charge in [0, 0.05) is 32.0 Å². The third-order valence-corrected chi connectivity index (χ3v) is 4.88. The summed E-state index contributed by atoms with van der Waals surface area (Å²) in [4.78, 5) is 11.0. The predicted molar refractivity (Wildman–Crippen MR) is 113 cm³/mol. The highest BCUT2D eigenvalue weighted by atomic mass is 32.1. The molecule has 136 valence electrons. The van der Waals surface area contributed by atoms with Gasteiger partial charge in [0.15, 0.2) is 5.11 Å². The molecule has 0 radical (unpaired) electrons. The number of hydrogen-bond acceptors (Lipinski definition) is 4. The van der Waals surface area contributed by atoms with Crippen LogP contribution < -0.4 is 15.5 Å². The van der Waals surface area contributed by atoms with Crippen LogP contribution >= 0.6 is 12.2 Å². The maximum atomic E-state index is 5.36. The fourth-order valence-corrected chi connectivity index (χ4v) is 3.39. The van der Waals surface area contributed by atoms with E-state index >= 15 is 0 Å². The van der Waals surface area contributed by atoms with Crippen LogP contribution in [0.5, 0.6) is 0 Å². The quantitative estimate of drug-likeness (QED) is 0.681. The molecule has 0 atom stereocenters. The van der Waals surface area contributed by atoms with Crippen LogP contribution in [0.15, 0.2) is 67.1 Å². The third kappa shape index (κ3) is 4.41. The number of thiocarbonyl (C=S) groups is 1. The third-order valence-electron chi connectivity index (χ3n) is 4.64. The highest BCUT2D eigenvalue weighted by molar-refractivity contribution is 7.80. The standard InChI is InChI=1S/C21H21N5S/c27-21(24-13-16-4-3-10-22-12-16)25-19-7-8-20(23-14-19)26-11-9-17-5-1-2-6-18(17)15-26/h1-8,10,12,14H,9,11,13,15H2,(H2,24,25,27). The first-order valence-electron chi connectivity index (χ1n) is 8.99. The van der Waals surface area contributed by atoms with Gasteiger partial charge in [-0.25, -0.2) is 4.98 Å². The lowest BCUT2D eigenvalue weighted by Gasteiger charge is -2.29. The van der Waals surface area contributed by atoms with E-state index in [0.29, 0.717) is 11.7 Å². The Hall–Kier alpha value is -2.99. The average molecular weight is 376 g/mol. The molecule has 3 heterocycles. The second-order valence-corrected chi connectivity index (χ2v) is 6.92. The molecule has 27 heavy (non-hydrogen) atoms. The molecule has 1 aromatic carbocycles. The largest absolute Gasteiger partial charge is 0.358 e. The molecule has 0 aliphatic carbocycles. The van der Waals surface area contributed by atoms with Gasteiger partial charge in [0.2, 0.25) is 0 Å². The van der Waals surface area contributed by atoms with Crippen molar-refractivity contribution >= 4 is 28.8 Å². The summed E-state index contributed by atoms with van der Waals surface area (Å²) >= 11 is 5.36. The maximum absolute atomic E-state index is 5.36. The van der Waals surface area contributed by atoms with Gasteiger partial charge < -0.3 is 15.5 Å². The molecule has 0 saturated heterocycles. The van der Waals surface area contributed by atoms with E-state index in [4.69, 9.17) is 12.2 Å². The van der Waals surface area contributed by atoms with Crippen molar-refractivity contribution in [3.63, 3.8) is 0 Å². The molecule has 0 fully saturated rings. The normalized spacial score (nSPS) is 13.0. The summed E-state index contributed by atoms with van der Waals surface area (Å²) in [6.45, 7) is 2.53. The lowest BCUT2D eigenvalue weighted by atomic mass is 10.00. The SMILES string of the molecule is S=C(NCc1cccnc1)Nc1ccc(N2CCc3ccccc3C2)nc1. The molecular weight excluding hydrogens is 354 g/mol. The van der Waals surface area contributed by atoms with Crippen LogP contribution in [0.1, 0.15) is 16.7 Å². The van der Waals surface area contributed by atoms with Crippen molar-refractivity contribution in [2.24, 2.45) is 0 Å². The van der Waals surface area contributed by atoms with Crippen molar-refractivity contribution in [1.29, 1.82) is 0 Å². The van der Waals surface area contributed by atoms with Gasteiger partial charge in [0.25, 0.3) is 0 Å². The van der Waals surface area contributed by atoms with Crippen LogP contribution in [-0.4, -0.2) is 21.6 Å². The number of rotatable bonds is 4. The summed E-state index contributed by atoms with van der Waals surface area (Å²) in [5, 5.41) is 6.93. The topological polar surface area (TPSA) is 53.1 Å². The van der Waals surface area contributed by atoms with Gasteiger partial charge >= 0.3 is 0 Å². The molecule has 0 amide bonds. The first-order chi connectivity index (χ1) is 13.3. The fraction of sp³-hybridized carbons (Fsp3) is 0.190. The molecule has 2 aromatic heterocycles. The number of pyridine rings is 2. The minimum absolute atomic E-state index is 0.570. The van der Waals surface area contributed by atoms with E-state index in [1.54, 1.807) is 6.20 Å². The number of hydrogen-bond donors (Lipinski definition) is 2. The van der Waals surface area contributed by atoms with Crippen molar-refractivity contribution in [2.75, 3.05) is 16.8 Å². The monoisotopic (exact) mass is 375 g/mol. The van der Waals surface area contributed by atoms with E-state index < -0.39 is 0 Å². The lowest BCUT2D eigenvalue weighted by molar-refractivity contribution is 0.721. The van der Waals surface area contributed by atoms with Crippen molar-refractivity contribution in [3.05, 3.63) is 83.8 Å². The smallest absolute Gasteiger partial charge is 0.171 e. The highest BCUT2D eigenvalue weighted by Gasteiger charge is 2.16. The molecule has 0 unspecified atom stereocenters. The molecular formula is C21H21N5S. The van der Waals surface area contributed by atoms with Gasteiger partial charge in [-0.1, -0.05) is 30.3 Å². The Labute approximate surface area is 164 Å². The van der Waals surface area contributed by atoms with Gasteiger partial charge in [0.05, 0.1) is 11.9 Å². The minimum Gasteiger partial charge on any atom is -0.358 e. The second-order valence-electron chi connectivity index (χ2n) is 6.51. The second kappa shape index (κ2) is 8.14. The van der Waals surface area contributed by atoms with Crippen LogP contribution in [0.4, 0.5) is 11.5 Å². The van der Waals surface area contributed by atoms with Gasteiger partial charge in [-0.2, -0.15) is 0 Å². The van der Waals surface area contributed by atoms with E-state index in [1.807, 2.05) is 36.7 Å². The predicted octanol–water partition coefficient (Wildman–Crippen LogP) is 3.53. The average Bonchev–Trinajstić information content (AvgIpc) is 2.73. The van der Waals surface area contributed by atoms with E-state index in [2.05, 4.69) is 49.8 Å². The minimum atomic E-state index is 0.570. The molecule has 3 aromatic rings. The van der Waals surface area contributed by atoms with E-state index in [0.717, 1.165) is 36.6 Å². The number of benzene rings is 1. The number of nitrogens with zero attached hydrogens (tertiary/aromatic N) is 3. The Morgan fingerprint density at radius 2 is 1.93 bits per heavy atom. The van der Waals surface area contributed by atoms with Gasteiger partial charge in [-0.3, -0.25) is 4.98 Å². The van der Waals surface area contributed by atoms with E-state index in [9.17, 15) is 0 Å². The van der Waals surface area contributed by atoms with Crippen molar-refractivity contribution < 1.29 is 0 Å². The first-order valence-corrected chi connectivity index (χ1v) is 9.40. The van der Waals surface area contributed by atoms with Crippen LogP contribution in [0, 0.1) is 0 Å². The van der Waals surface area contributed by atoms with Crippen LogP contribution in [-0.2, 0) is 19.5 Å². The van der Waals surface area contributed by atoms with Crippen molar-refractivity contribution in [2.45, 2.75) is 19.5 Å². The summed E-state index contributed by atoms with van der Waals surface area (Å²) in [5.74, 6) is 0.990. The van der Waals surface area contributed by atoms with E-state index in [-0.39, 0.29) is 0 Å². The Morgan fingerprint density at radius 3 is 2.70 bits per heavy atom. The van der Waals surface area contributed by atoms with Gasteiger partial charge in [-0.05, 0) is 53.5 Å². The molecule has 5 nitrogen and oxygen atoms in total. The number of aromatic nitrogens is 2. The Bertz CT molecular complexity index is 911. The van der Waals surface area contributed by atoms with Gasteiger partial charge in [-0.15, -0.1) is 0 Å². The zero-order valence-electron chi connectivity index (χ0n) is 14.9. The van der Waals surface area contributed by atoms with E-state index in [1.165, 1.54) is 11.1 Å². The molecule has 0 saturated carbocycles. The van der Waals surface area contributed by atoms with Crippen LogP contribution in [0.25, 0.3) is 0 Å². The summed E-state index contributed by atoms with van der Waals surface area (Å²) in [7, 11) is 0. The summed E-state index contributed by atoms with van der Waals surface area (Å²) < 4.78 is 0. The molecule has 0 spiro atoms. The highest BCUT2D eigenvalue weighted by Crippen LogP contribution is 2.23. The zero-order valence-corrected chi connectivity index (χ0v) is 15.7. The number of fused-ring (bicyclic) bond motifs is 1. The summed E-state index contributed by atoms with van der Waals surface area (Å²) in [6.07, 6.45) is 6.46. The molecule has 0 bridgehead atoms. The summed E-state index contributed by atoms with van der Waals surface area (Å²) in [5.41, 5.74) is 4.78. The van der Waals surface area contributed by atoms with Crippen molar-refractivity contribution in [1.82, 2.24) is 15.3 Å². The Morgan fingerprint density at radius 1 is 1.04 bits per heavy atom. The lowest BCUT2D eigenvalue weighted by Crippen LogP contribution is -2.31. The van der Waals surface area contributed by atoms with Gasteiger partial charge in [0.1, 0.15) is 5.82 Å². The maximum Gasteiger partial charge on any atom is 0.171 e. The Kier molecular flexibility index (Phi) is 5.25. The molecule has 4 rings (SSSR count). The van der Waals surface area contributed by atoms with Crippen molar-refractivity contribution in [3.8, 4) is 0 Å². The molecule has 6 heteroatoms. The first kappa shape index (κ1) is 17.4. The fourth-order valence-electron chi connectivity index (χ4n) is 3.20. The number of anilines is 2. The number of nitrogens with one attached hydrogen (secondary N) is 2. The molecule has 1 aliphatic heterocycles. The van der Waals surface area contributed by atoms with Crippen LogP contribution in [0.3, 0.4) is 0 Å². The van der Waals surface area contributed by atoms with Crippen LogP contribution in [0.2, 0.25) is 0 Å².